The van der Waals surface area contributed by atoms with Gasteiger partial charge in [-0.3, -0.25) is 4.52 Å². The van der Waals surface area contributed by atoms with Crippen molar-refractivity contribution in [2.24, 2.45) is 0 Å². The molecule has 0 aromatic rings. The van der Waals surface area contributed by atoms with Crippen molar-refractivity contribution in [3.63, 3.8) is 0 Å². The molecule has 0 aliphatic carbocycles. The van der Waals surface area contributed by atoms with Crippen LogP contribution in [0.1, 0.15) is 0 Å². The fourth-order valence-electron chi connectivity index (χ4n) is 2.07. The summed E-state index contributed by atoms with van der Waals surface area (Å²) < 4.78 is 55.7. The van der Waals surface area contributed by atoms with Crippen molar-refractivity contribution >= 4 is 60.5 Å². The zero-order valence-corrected chi connectivity index (χ0v) is 16.0. The van der Waals surface area contributed by atoms with Crippen LogP contribution in [0.25, 0.3) is 0 Å². The summed E-state index contributed by atoms with van der Waals surface area (Å²) in [5.74, 6) is 0. The Kier molecular flexibility index (Phi) is 6.30. The Balaban J connectivity index is 1.93. The smallest absolute Gasteiger partial charge is 0.449 e. The number of phosphoric acid groups is 3. The van der Waals surface area contributed by atoms with E-state index in [9.17, 15) is 18.6 Å². The summed E-state index contributed by atoms with van der Waals surface area (Å²) in [4.78, 5) is 35.3. The highest BCUT2D eigenvalue weighted by Crippen LogP contribution is 2.66. The molecule has 6 atom stereocenters. The zero-order chi connectivity index (χ0) is 18.3. The van der Waals surface area contributed by atoms with Crippen molar-refractivity contribution in [2.75, 3.05) is 6.61 Å². The van der Waals surface area contributed by atoms with Gasteiger partial charge in [-0.2, -0.15) is 20.4 Å². The summed E-state index contributed by atoms with van der Waals surface area (Å²) in [6.07, 6.45) is -0.901. The second-order valence-electron chi connectivity index (χ2n) is 4.68. The zero-order valence-electron chi connectivity index (χ0n) is 11.7. The molecule has 2 fully saturated rings. The summed E-state index contributed by atoms with van der Waals surface area (Å²) in [7, 11) is -14.3. The second-order valence-corrected chi connectivity index (χ2v) is 11.1. The fourth-order valence-corrected chi connectivity index (χ4v) is 6.87. The van der Waals surface area contributed by atoms with Crippen molar-refractivity contribution in [1.29, 1.82) is 0 Å². The van der Waals surface area contributed by atoms with E-state index in [1.165, 1.54) is 11.8 Å². The number of thioether (sulfide) groups is 1. The molecule has 0 spiro atoms. The Hall–Kier alpha value is 0.515. The van der Waals surface area contributed by atoms with Gasteiger partial charge >= 0.3 is 28.7 Å². The van der Waals surface area contributed by atoms with E-state index in [0.717, 1.165) is 0 Å². The Bertz CT molecular complexity index is 653. The van der Waals surface area contributed by atoms with Gasteiger partial charge in [0.2, 0.25) is 0 Å². The Morgan fingerprint density at radius 2 is 1.67 bits per heavy atom. The predicted octanol–water partition coefficient (Wildman–Crippen LogP) is -0.527. The third-order valence-electron chi connectivity index (χ3n) is 2.82. The average Bonchev–Trinajstić information content (AvgIpc) is 2.82. The van der Waals surface area contributed by atoms with Crippen molar-refractivity contribution in [3.8, 4) is 0 Å². The molecule has 138 valence electrons. The quantitative estimate of drug-likeness (QED) is 0.224. The molecule has 0 radical (unpaired) electrons. The molecule has 0 amide bonds. The van der Waals surface area contributed by atoms with Crippen molar-refractivity contribution in [1.82, 2.24) is 0 Å². The molecule has 2 saturated heterocycles. The van der Waals surface area contributed by atoms with Crippen molar-refractivity contribution in [2.45, 2.75) is 22.6 Å². The van der Waals surface area contributed by atoms with Gasteiger partial charge in [0.1, 0.15) is 14.0 Å². The molecule has 2 aliphatic heterocycles. The van der Waals surface area contributed by atoms with Gasteiger partial charge in [-0.15, -0.1) is 0 Å². The Morgan fingerprint density at radius 3 is 2.25 bits per heavy atom. The molecule has 0 aromatic heterocycles. The van der Waals surface area contributed by atoms with Gasteiger partial charge in [-0.1, -0.05) is 0 Å². The lowest BCUT2D eigenvalue weighted by Gasteiger charge is -2.19. The molecule has 12 nitrogen and oxygen atoms in total. The standard InChI is InChI=1S/C6H12BO12P3S2/c7-5-4-3(16-6(23)17-4)2(24-5)1-15-21(11,12)19-22(13,14)18-20(8,9)10/h2-5H,1,7H2,(H,11,12)(H,13,14)(H2,8,9,10). The minimum Gasteiger partial charge on any atom is -0.449 e. The molecule has 2 heterocycles. The topological polar surface area (TPSA) is 178 Å². The number of thiocarbonyl (C=S) groups is 1. The maximum atomic E-state index is 11.6. The molecule has 0 aromatic carbocycles. The van der Waals surface area contributed by atoms with E-state index in [4.69, 9.17) is 36.4 Å². The molecule has 2 aliphatic rings. The molecule has 4 N–H and O–H groups in total. The lowest BCUT2D eigenvalue weighted by atomic mass is 9.94. The number of rotatable bonds is 7. The second kappa shape index (κ2) is 7.26. The number of hydrogen-bond acceptors (Lipinski definition) is 10. The van der Waals surface area contributed by atoms with Crippen LogP contribution in [0.2, 0.25) is 0 Å². The lowest BCUT2D eigenvalue weighted by Crippen LogP contribution is -2.31. The van der Waals surface area contributed by atoms with E-state index in [2.05, 4.69) is 13.1 Å². The van der Waals surface area contributed by atoms with Crippen LogP contribution in [0.5, 0.6) is 0 Å². The summed E-state index contributed by atoms with van der Waals surface area (Å²) in [6.45, 7) is -0.439. The molecular formula is C6H12BO12P3S2. The van der Waals surface area contributed by atoms with Crippen LogP contribution in [0.4, 0.5) is 0 Å². The number of phosphoric ester groups is 1. The van der Waals surface area contributed by atoms with Crippen LogP contribution in [-0.4, -0.2) is 61.9 Å². The van der Waals surface area contributed by atoms with Crippen molar-refractivity contribution < 1.29 is 55.9 Å². The molecule has 2 rings (SSSR count). The van der Waals surface area contributed by atoms with Crippen LogP contribution >= 0.6 is 47.4 Å². The molecule has 0 saturated carbocycles. The van der Waals surface area contributed by atoms with Gasteiger partial charge in [-0.05, 0) is 0 Å². The van der Waals surface area contributed by atoms with Crippen LogP contribution in [0.15, 0.2) is 0 Å². The van der Waals surface area contributed by atoms with Crippen LogP contribution in [0.3, 0.4) is 0 Å². The molecule has 6 unspecified atom stereocenters. The van der Waals surface area contributed by atoms with Crippen LogP contribution in [-0.2, 0) is 36.3 Å². The van der Waals surface area contributed by atoms with Crippen LogP contribution < -0.4 is 0 Å². The third-order valence-corrected chi connectivity index (χ3v) is 8.27. The van der Waals surface area contributed by atoms with Gasteiger partial charge in [0, 0.05) is 17.4 Å². The highest BCUT2D eigenvalue weighted by Gasteiger charge is 2.51. The molecular weight excluding hydrogens is 432 g/mol. The SMILES string of the molecule is BC1SC(COP(=O)(O)OP(=O)(O)OP(=O)(O)O)C2OC(=S)OC12. The van der Waals surface area contributed by atoms with Gasteiger partial charge in [0.05, 0.1) is 11.9 Å². The first kappa shape index (κ1) is 20.8. The number of hydrogen-bond donors (Lipinski definition) is 4. The summed E-state index contributed by atoms with van der Waals surface area (Å²) >= 11 is 6.09. The monoisotopic (exact) mass is 444 g/mol. The van der Waals surface area contributed by atoms with Crippen LogP contribution in [0, 0.1) is 0 Å². The van der Waals surface area contributed by atoms with E-state index in [1.807, 2.05) is 7.85 Å². The van der Waals surface area contributed by atoms with E-state index in [0.29, 0.717) is 0 Å². The first-order valence-corrected chi connectivity index (χ1v) is 12.0. The van der Waals surface area contributed by atoms with Gasteiger partial charge < -0.3 is 29.0 Å². The maximum absolute atomic E-state index is 11.6. The summed E-state index contributed by atoms with van der Waals surface area (Å²) in [6, 6.07) is 0. The van der Waals surface area contributed by atoms with Gasteiger partial charge in [-0.25, -0.2) is 13.7 Å². The lowest BCUT2D eigenvalue weighted by molar-refractivity contribution is 0.133. The van der Waals surface area contributed by atoms with Gasteiger partial charge in [0.25, 0.3) is 0 Å². The first-order chi connectivity index (χ1) is 10.8. The minimum absolute atomic E-state index is 0.0509. The fraction of sp³-hybridized carbons (Fsp3) is 0.833. The first-order valence-electron chi connectivity index (χ1n) is 6.09. The summed E-state index contributed by atoms with van der Waals surface area (Å²) in [5, 5.41) is -0.597. The maximum Gasteiger partial charge on any atom is 0.490 e. The molecule has 24 heavy (non-hydrogen) atoms. The highest BCUT2D eigenvalue weighted by atomic mass is 32.2. The van der Waals surface area contributed by atoms with E-state index < -0.39 is 41.4 Å². The Labute approximate surface area is 146 Å². The number of fused-ring (bicyclic) bond motifs is 1. The van der Waals surface area contributed by atoms with Gasteiger partial charge in [0.15, 0.2) is 6.10 Å². The van der Waals surface area contributed by atoms with Crippen molar-refractivity contribution in [3.05, 3.63) is 0 Å². The molecule has 18 heteroatoms. The van der Waals surface area contributed by atoms with E-state index >= 15 is 0 Å². The highest BCUT2D eigenvalue weighted by molar-refractivity contribution is 8.02. The third kappa shape index (κ3) is 5.77. The van der Waals surface area contributed by atoms with E-state index in [-0.39, 0.29) is 16.5 Å². The predicted molar refractivity (Wildman–Crippen MR) is 85.9 cm³/mol. The minimum atomic E-state index is -5.53. The Morgan fingerprint density at radius 1 is 1.08 bits per heavy atom. The normalized spacial score (nSPS) is 34.8. The van der Waals surface area contributed by atoms with E-state index in [1.54, 1.807) is 0 Å². The summed E-state index contributed by atoms with van der Waals surface area (Å²) in [5.41, 5.74) is 0. The molecule has 0 bridgehead atoms. The largest absolute Gasteiger partial charge is 0.490 e. The number of ether oxygens (including phenoxy) is 2. The average molecular weight is 444 g/mol.